The van der Waals surface area contributed by atoms with Gasteiger partial charge in [0.1, 0.15) is 5.82 Å². The third-order valence-corrected chi connectivity index (χ3v) is 6.54. The van der Waals surface area contributed by atoms with Crippen LogP contribution in [0.15, 0.2) is 40.8 Å². The van der Waals surface area contributed by atoms with Crippen molar-refractivity contribution < 1.29 is 9.18 Å². The smallest absolute Gasteiger partial charge is 0.224 e. The van der Waals surface area contributed by atoms with Gasteiger partial charge in [-0.1, -0.05) is 0 Å². The predicted octanol–water partition coefficient (Wildman–Crippen LogP) is 4.06. The molecule has 0 aliphatic carbocycles. The first-order valence-electron chi connectivity index (χ1n) is 10.7. The van der Waals surface area contributed by atoms with Crippen molar-refractivity contribution in [3.63, 3.8) is 0 Å². The van der Waals surface area contributed by atoms with Gasteiger partial charge in [-0.25, -0.2) is 4.39 Å². The number of nitrogens with zero attached hydrogens (tertiary/aromatic N) is 2. The highest BCUT2D eigenvalue weighted by molar-refractivity contribution is 14.0. The molecule has 0 spiro atoms. The molecule has 3 aromatic rings. The van der Waals surface area contributed by atoms with Crippen LogP contribution < -0.4 is 10.6 Å². The molecule has 1 aromatic carbocycles. The largest absolute Gasteiger partial charge is 0.361 e. The number of hydrogen-bond acceptors (Lipinski definition) is 3. The number of H-pyrrole nitrogens is 1. The van der Waals surface area contributed by atoms with Gasteiger partial charge in [-0.2, -0.15) is 0 Å². The van der Waals surface area contributed by atoms with Crippen molar-refractivity contribution in [2.24, 2.45) is 4.99 Å². The fourth-order valence-corrected chi connectivity index (χ4v) is 4.80. The van der Waals surface area contributed by atoms with E-state index in [1.54, 1.807) is 17.4 Å². The van der Waals surface area contributed by atoms with Crippen LogP contribution in [0.5, 0.6) is 0 Å². The van der Waals surface area contributed by atoms with Gasteiger partial charge in [0.05, 0.1) is 6.54 Å². The van der Waals surface area contributed by atoms with Gasteiger partial charge in [-0.15, -0.1) is 35.3 Å². The van der Waals surface area contributed by atoms with E-state index in [1.165, 1.54) is 22.6 Å². The Bertz CT molecular complexity index is 1080. The minimum Gasteiger partial charge on any atom is -0.361 e. The summed E-state index contributed by atoms with van der Waals surface area (Å²) in [5.41, 5.74) is 3.22. The van der Waals surface area contributed by atoms with Crippen LogP contribution >= 0.6 is 35.3 Å². The van der Waals surface area contributed by atoms with Gasteiger partial charge in [0.15, 0.2) is 5.96 Å². The lowest BCUT2D eigenvalue weighted by Gasteiger charge is -2.26. The number of carbonyl (C=O) groups excluding carboxylic acids is 1. The predicted molar refractivity (Wildman–Crippen MR) is 139 cm³/mol. The molecule has 6 nitrogen and oxygen atoms in total. The minimum atomic E-state index is -0.240. The second kappa shape index (κ2) is 11.6. The van der Waals surface area contributed by atoms with Crippen molar-refractivity contribution in [2.75, 3.05) is 26.2 Å². The van der Waals surface area contributed by atoms with Crippen molar-refractivity contribution in [3.8, 4) is 0 Å². The number of benzene rings is 1. The monoisotopic (exact) mass is 569 g/mol. The van der Waals surface area contributed by atoms with Gasteiger partial charge < -0.3 is 20.5 Å². The summed E-state index contributed by atoms with van der Waals surface area (Å²) in [5, 5.41) is 9.69. The van der Waals surface area contributed by atoms with Gasteiger partial charge >= 0.3 is 0 Å². The second-order valence-electron chi connectivity index (χ2n) is 7.63. The molecule has 3 heterocycles. The summed E-state index contributed by atoms with van der Waals surface area (Å²) in [7, 11) is 0. The van der Waals surface area contributed by atoms with Crippen LogP contribution in [0.2, 0.25) is 0 Å². The third-order valence-electron chi connectivity index (χ3n) is 5.52. The zero-order valence-electron chi connectivity index (χ0n) is 18.1. The van der Waals surface area contributed by atoms with Gasteiger partial charge in [0.25, 0.3) is 0 Å². The summed E-state index contributed by atoms with van der Waals surface area (Å²) in [6.45, 7) is 5.42. The van der Waals surface area contributed by atoms with Gasteiger partial charge in [-0.3, -0.25) is 9.79 Å². The van der Waals surface area contributed by atoms with E-state index in [0.29, 0.717) is 32.0 Å². The van der Waals surface area contributed by atoms with Crippen molar-refractivity contribution in [3.05, 3.63) is 57.7 Å². The number of halogens is 2. The normalized spacial score (nSPS) is 13.6. The zero-order valence-corrected chi connectivity index (χ0v) is 21.3. The van der Waals surface area contributed by atoms with Crippen LogP contribution in [0, 0.1) is 5.82 Å². The van der Waals surface area contributed by atoms with Gasteiger partial charge in [0, 0.05) is 54.6 Å². The Morgan fingerprint density at radius 2 is 2.19 bits per heavy atom. The van der Waals surface area contributed by atoms with E-state index in [1.807, 2.05) is 18.0 Å². The van der Waals surface area contributed by atoms with Crippen molar-refractivity contribution >= 4 is 58.1 Å². The molecule has 172 valence electrons. The summed E-state index contributed by atoms with van der Waals surface area (Å²) >= 11 is 1.78. The number of hydrogen-bond donors (Lipinski definition) is 3. The van der Waals surface area contributed by atoms with Crippen molar-refractivity contribution in [2.45, 2.75) is 32.7 Å². The highest BCUT2D eigenvalue weighted by Gasteiger charge is 2.20. The summed E-state index contributed by atoms with van der Waals surface area (Å²) < 4.78 is 13.4. The second-order valence-corrected chi connectivity index (χ2v) is 8.63. The first kappa shape index (κ1) is 24.5. The van der Waals surface area contributed by atoms with E-state index in [-0.39, 0.29) is 35.7 Å². The number of thiophene rings is 1. The fraction of sp³-hybridized carbons (Fsp3) is 0.391. The Morgan fingerprint density at radius 3 is 3.03 bits per heavy atom. The highest BCUT2D eigenvalue weighted by atomic mass is 127. The Balaban J connectivity index is 0.00000289. The molecule has 1 aliphatic heterocycles. The summed E-state index contributed by atoms with van der Waals surface area (Å²) in [4.78, 5) is 23.6. The Hall–Kier alpha value is -2.14. The molecular formula is C23H29FIN5OS. The maximum atomic E-state index is 13.4. The molecule has 0 saturated heterocycles. The summed E-state index contributed by atoms with van der Waals surface area (Å²) in [6.07, 6.45) is 4.06. The third kappa shape index (κ3) is 6.00. The molecule has 1 aliphatic rings. The molecule has 0 saturated carbocycles. The molecule has 0 unspecified atom stereocenters. The van der Waals surface area contributed by atoms with Crippen molar-refractivity contribution in [1.29, 1.82) is 0 Å². The van der Waals surface area contributed by atoms with Gasteiger partial charge in [-0.05, 0) is 60.5 Å². The van der Waals surface area contributed by atoms with E-state index < -0.39 is 0 Å². The topological polar surface area (TPSA) is 72.5 Å². The first-order chi connectivity index (χ1) is 15.1. The molecular weight excluding hydrogens is 540 g/mol. The molecule has 1 amide bonds. The number of guanidine groups is 1. The molecule has 32 heavy (non-hydrogen) atoms. The molecule has 0 atom stereocenters. The number of aromatic nitrogens is 1. The average Bonchev–Trinajstić information content (AvgIpc) is 3.39. The lowest BCUT2D eigenvalue weighted by molar-refractivity contribution is -0.131. The maximum absolute atomic E-state index is 13.4. The molecule has 3 N–H and O–H groups in total. The first-order valence-corrected chi connectivity index (χ1v) is 11.6. The Kier molecular flexibility index (Phi) is 8.92. The number of amides is 1. The van der Waals surface area contributed by atoms with Crippen LogP contribution in [-0.4, -0.2) is 47.9 Å². The van der Waals surface area contributed by atoms with Crippen LogP contribution in [0.4, 0.5) is 4.39 Å². The van der Waals surface area contributed by atoms with Crippen LogP contribution in [0.25, 0.3) is 10.9 Å². The number of fused-ring (bicyclic) bond motifs is 2. The highest BCUT2D eigenvalue weighted by Crippen LogP contribution is 2.24. The number of rotatable bonds is 7. The quantitative estimate of drug-likeness (QED) is 0.229. The lowest BCUT2D eigenvalue weighted by atomic mass is 10.1. The lowest BCUT2D eigenvalue weighted by Crippen LogP contribution is -2.39. The summed E-state index contributed by atoms with van der Waals surface area (Å²) in [6, 6.07) is 6.92. The van der Waals surface area contributed by atoms with E-state index in [0.717, 1.165) is 42.4 Å². The molecule has 0 fully saturated rings. The minimum absolute atomic E-state index is 0. The molecule has 9 heteroatoms. The molecule has 0 radical (unpaired) electrons. The number of aliphatic imine (C=N–C) groups is 1. The molecule has 0 bridgehead atoms. The van der Waals surface area contributed by atoms with Crippen LogP contribution in [-0.2, 0) is 24.2 Å². The van der Waals surface area contributed by atoms with Crippen LogP contribution in [0.3, 0.4) is 0 Å². The summed E-state index contributed by atoms with van der Waals surface area (Å²) in [5.74, 6) is 0.623. The Morgan fingerprint density at radius 1 is 1.31 bits per heavy atom. The SMILES string of the molecule is CCNC(=NCCC(=O)N1CCc2sccc2C1)NCCc1c[nH]c2cc(F)ccc12.I. The van der Waals surface area contributed by atoms with E-state index in [9.17, 15) is 9.18 Å². The zero-order chi connectivity index (χ0) is 21.6. The standard InChI is InChI=1S/C23H28FN5OS.HI/c1-2-25-23(26-9-5-16-14-28-20-13-18(24)3-4-19(16)20)27-10-6-22(30)29-11-7-21-17(15-29)8-12-31-21;/h3-4,8,12-14,28H,2,5-7,9-11,15H2,1H3,(H2,25,26,27);1H. The van der Waals surface area contributed by atoms with E-state index in [4.69, 9.17) is 0 Å². The average molecular weight is 569 g/mol. The number of aromatic amines is 1. The Labute approximate surface area is 208 Å². The van der Waals surface area contributed by atoms with E-state index >= 15 is 0 Å². The fourth-order valence-electron chi connectivity index (χ4n) is 3.91. The van der Waals surface area contributed by atoms with Crippen LogP contribution in [0.1, 0.15) is 29.3 Å². The number of carbonyl (C=O) groups is 1. The van der Waals surface area contributed by atoms with Gasteiger partial charge in [0.2, 0.25) is 5.91 Å². The van der Waals surface area contributed by atoms with Crippen molar-refractivity contribution in [1.82, 2.24) is 20.5 Å². The number of nitrogens with one attached hydrogen (secondary N) is 3. The van der Waals surface area contributed by atoms with E-state index in [2.05, 4.69) is 32.1 Å². The molecule has 4 rings (SSSR count). The molecule has 2 aromatic heterocycles. The maximum Gasteiger partial charge on any atom is 0.224 e.